The van der Waals surface area contributed by atoms with Crippen LogP contribution < -0.4 is 5.32 Å². The van der Waals surface area contributed by atoms with Crippen molar-refractivity contribution >= 4 is 0 Å². The lowest BCUT2D eigenvalue weighted by atomic mass is 9.99. The molecule has 1 aromatic rings. The topological polar surface area (TPSA) is 33.1 Å². The number of hydrogen-bond donors (Lipinski definition) is 1. The summed E-state index contributed by atoms with van der Waals surface area (Å²) in [5, 5.41) is 3.30. The van der Waals surface area contributed by atoms with E-state index in [9.17, 15) is 0 Å². The lowest BCUT2D eigenvalue weighted by Gasteiger charge is -2.28. The molecule has 1 fully saturated rings. The van der Waals surface area contributed by atoms with Crippen molar-refractivity contribution < 1.29 is 0 Å². The molecule has 15 heavy (non-hydrogen) atoms. The molecule has 1 aliphatic heterocycles. The van der Waals surface area contributed by atoms with Gasteiger partial charge in [0.25, 0.3) is 0 Å². The molecule has 1 N–H and O–H groups in total. The van der Waals surface area contributed by atoms with Gasteiger partial charge in [0, 0.05) is 19.4 Å². The Morgan fingerprint density at radius 3 is 2.93 bits per heavy atom. The summed E-state index contributed by atoms with van der Waals surface area (Å²) in [6, 6.07) is 0. The molecule has 1 aliphatic rings. The Morgan fingerprint density at radius 2 is 2.40 bits per heavy atom. The second kappa shape index (κ2) is 4.77. The van der Waals surface area contributed by atoms with Gasteiger partial charge in [-0.3, -0.25) is 4.90 Å². The first-order valence-corrected chi connectivity index (χ1v) is 5.61. The maximum absolute atomic E-state index is 4.33. The number of hydrogen-bond acceptors (Lipinski definition) is 3. The summed E-state index contributed by atoms with van der Waals surface area (Å²) >= 11 is 0. The van der Waals surface area contributed by atoms with Crippen molar-refractivity contribution in [3.8, 4) is 0 Å². The van der Waals surface area contributed by atoms with Gasteiger partial charge >= 0.3 is 0 Å². The van der Waals surface area contributed by atoms with E-state index in [1.807, 2.05) is 19.4 Å². The Labute approximate surface area is 91.3 Å². The maximum atomic E-state index is 4.33. The lowest BCUT2D eigenvalue weighted by molar-refractivity contribution is 0.247. The minimum absolute atomic E-state index is 0.897. The fourth-order valence-corrected chi connectivity index (χ4v) is 1.82. The van der Waals surface area contributed by atoms with Gasteiger partial charge in [-0.15, -0.1) is 0 Å². The zero-order valence-corrected chi connectivity index (χ0v) is 9.61. The van der Waals surface area contributed by atoms with Crippen molar-refractivity contribution in [2.24, 2.45) is 13.0 Å². The zero-order valence-electron chi connectivity index (χ0n) is 9.61. The first-order chi connectivity index (χ1) is 7.25. The van der Waals surface area contributed by atoms with Gasteiger partial charge in [0.05, 0.1) is 6.54 Å². The van der Waals surface area contributed by atoms with Crippen molar-refractivity contribution in [3.05, 3.63) is 18.2 Å². The predicted molar refractivity (Wildman–Crippen MR) is 60.5 cm³/mol. The fraction of sp³-hybridized carbons (Fsp3) is 0.727. The van der Waals surface area contributed by atoms with E-state index in [1.165, 1.54) is 26.1 Å². The van der Waals surface area contributed by atoms with Crippen LogP contribution in [-0.2, 0) is 13.6 Å². The zero-order chi connectivity index (χ0) is 10.7. The Hall–Kier alpha value is -0.870. The van der Waals surface area contributed by atoms with Crippen LogP contribution in [0.2, 0.25) is 0 Å². The molecule has 1 saturated heterocycles. The normalized spacial score (nSPS) is 17.0. The minimum atomic E-state index is 0.897. The molecular weight excluding hydrogens is 188 g/mol. The largest absolute Gasteiger partial charge is 0.337 e. The van der Waals surface area contributed by atoms with Crippen molar-refractivity contribution in [3.63, 3.8) is 0 Å². The minimum Gasteiger partial charge on any atom is -0.337 e. The second-order valence-electron chi connectivity index (χ2n) is 4.51. The molecule has 0 aromatic carbocycles. The molecule has 4 nitrogen and oxygen atoms in total. The Bertz CT molecular complexity index is 303. The van der Waals surface area contributed by atoms with Crippen molar-refractivity contribution in [2.75, 3.05) is 26.7 Å². The fourth-order valence-electron chi connectivity index (χ4n) is 1.82. The van der Waals surface area contributed by atoms with Gasteiger partial charge in [0.15, 0.2) is 0 Å². The van der Waals surface area contributed by atoms with Gasteiger partial charge in [-0.2, -0.15) is 0 Å². The van der Waals surface area contributed by atoms with Crippen LogP contribution in [0.4, 0.5) is 0 Å². The van der Waals surface area contributed by atoms with Crippen LogP contribution in [0, 0.1) is 5.92 Å². The predicted octanol–water partition coefficient (Wildman–Crippen LogP) is 0.461. The van der Waals surface area contributed by atoms with E-state index in [-0.39, 0.29) is 0 Å². The third-order valence-electron chi connectivity index (χ3n) is 3.12. The quantitative estimate of drug-likeness (QED) is 0.763. The van der Waals surface area contributed by atoms with Gasteiger partial charge in [-0.25, -0.2) is 4.98 Å². The van der Waals surface area contributed by atoms with Gasteiger partial charge in [0.2, 0.25) is 0 Å². The van der Waals surface area contributed by atoms with Crippen LogP contribution >= 0.6 is 0 Å². The molecule has 0 aliphatic carbocycles. The molecule has 1 aromatic heterocycles. The Kier molecular flexibility index (Phi) is 3.38. The average molecular weight is 208 g/mol. The molecule has 2 rings (SSSR count). The number of imidazole rings is 1. The molecular formula is C11H20N4. The second-order valence-corrected chi connectivity index (χ2v) is 4.51. The van der Waals surface area contributed by atoms with Gasteiger partial charge in [0.1, 0.15) is 5.82 Å². The highest BCUT2D eigenvalue weighted by Crippen LogP contribution is 2.09. The summed E-state index contributed by atoms with van der Waals surface area (Å²) in [7, 11) is 4.22. The van der Waals surface area contributed by atoms with E-state index < -0.39 is 0 Å². The van der Waals surface area contributed by atoms with Gasteiger partial charge < -0.3 is 9.88 Å². The first-order valence-electron chi connectivity index (χ1n) is 5.61. The summed E-state index contributed by atoms with van der Waals surface area (Å²) in [5.74, 6) is 2.04. The highest BCUT2D eigenvalue weighted by Gasteiger charge is 2.16. The van der Waals surface area contributed by atoms with Crippen LogP contribution in [0.3, 0.4) is 0 Å². The van der Waals surface area contributed by atoms with E-state index in [0.717, 1.165) is 18.3 Å². The summed E-state index contributed by atoms with van der Waals surface area (Å²) in [6.07, 6.45) is 5.16. The monoisotopic (exact) mass is 208 g/mol. The SMILES string of the molecule is CN(CCC1CNC1)Cc1nccn1C. The van der Waals surface area contributed by atoms with Crippen molar-refractivity contribution in [1.29, 1.82) is 0 Å². The summed E-state index contributed by atoms with van der Waals surface area (Å²) in [6.45, 7) is 4.52. The molecule has 0 amide bonds. The van der Waals surface area contributed by atoms with Crippen LogP contribution in [0.5, 0.6) is 0 Å². The van der Waals surface area contributed by atoms with E-state index in [4.69, 9.17) is 0 Å². The van der Waals surface area contributed by atoms with Crippen LogP contribution in [0.1, 0.15) is 12.2 Å². The molecule has 0 bridgehead atoms. The third-order valence-corrected chi connectivity index (χ3v) is 3.12. The standard InChI is InChI=1S/C11H20N4/c1-14(5-3-10-7-12-8-10)9-11-13-4-6-15(11)2/h4,6,10,12H,3,5,7-9H2,1-2H3. The molecule has 4 heteroatoms. The molecule has 0 radical (unpaired) electrons. The number of aromatic nitrogens is 2. The molecule has 0 spiro atoms. The number of aryl methyl sites for hydroxylation is 1. The lowest BCUT2D eigenvalue weighted by Crippen LogP contribution is -2.43. The first kappa shape index (κ1) is 10.6. The number of rotatable bonds is 5. The summed E-state index contributed by atoms with van der Waals surface area (Å²) < 4.78 is 2.08. The molecule has 0 saturated carbocycles. The van der Waals surface area contributed by atoms with Gasteiger partial charge in [-0.1, -0.05) is 0 Å². The van der Waals surface area contributed by atoms with Crippen LogP contribution in [0.15, 0.2) is 12.4 Å². The highest BCUT2D eigenvalue weighted by atomic mass is 15.1. The van der Waals surface area contributed by atoms with Crippen LogP contribution in [-0.4, -0.2) is 41.1 Å². The molecule has 84 valence electrons. The highest BCUT2D eigenvalue weighted by molar-refractivity contribution is 4.90. The maximum Gasteiger partial charge on any atom is 0.122 e. The van der Waals surface area contributed by atoms with E-state index in [2.05, 4.69) is 26.8 Å². The summed E-state index contributed by atoms with van der Waals surface area (Å²) in [5.41, 5.74) is 0. The van der Waals surface area contributed by atoms with Crippen molar-refractivity contribution in [1.82, 2.24) is 19.8 Å². The molecule has 0 atom stereocenters. The van der Waals surface area contributed by atoms with Crippen molar-refractivity contribution in [2.45, 2.75) is 13.0 Å². The van der Waals surface area contributed by atoms with Crippen LogP contribution in [0.25, 0.3) is 0 Å². The Morgan fingerprint density at radius 1 is 1.60 bits per heavy atom. The third kappa shape index (κ3) is 2.79. The summed E-state index contributed by atoms with van der Waals surface area (Å²) in [4.78, 5) is 6.67. The average Bonchev–Trinajstić information content (AvgIpc) is 2.49. The number of nitrogens with zero attached hydrogens (tertiary/aromatic N) is 3. The molecule has 2 heterocycles. The molecule has 0 unspecified atom stereocenters. The Balaban J connectivity index is 1.71. The van der Waals surface area contributed by atoms with Gasteiger partial charge in [-0.05, 0) is 39.0 Å². The van der Waals surface area contributed by atoms with E-state index >= 15 is 0 Å². The number of nitrogens with one attached hydrogen (secondary N) is 1. The van der Waals surface area contributed by atoms with E-state index in [0.29, 0.717) is 0 Å². The smallest absolute Gasteiger partial charge is 0.122 e. The van der Waals surface area contributed by atoms with E-state index in [1.54, 1.807) is 0 Å².